The maximum atomic E-state index is 12.9. The van der Waals surface area contributed by atoms with Gasteiger partial charge < -0.3 is 24.1 Å². The fourth-order valence-electron chi connectivity index (χ4n) is 3.78. The molecule has 0 aliphatic carbocycles. The Morgan fingerprint density at radius 2 is 2.15 bits per heavy atom. The highest BCUT2D eigenvalue weighted by molar-refractivity contribution is 5.79. The quantitative estimate of drug-likeness (QED) is 0.836. The average Bonchev–Trinajstić information content (AvgIpc) is 3.07. The molecule has 2 aliphatic rings. The molecule has 1 atom stereocenters. The third-order valence-electron chi connectivity index (χ3n) is 5.09. The Hall–Kier alpha value is -2.11. The number of amides is 1. The second kappa shape index (κ2) is 8.52. The van der Waals surface area contributed by atoms with E-state index in [0.29, 0.717) is 43.7 Å². The van der Waals surface area contributed by atoms with Gasteiger partial charge >= 0.3 is 0 Å². The van der Waals surface area contributed by atoms with Crippen LogP contribution in [0, 0.1) is 24.2 Å². The van der Waals surface area contributed by atoms with Gasteiger partial charge in [0.1, 0.15) is 6.07 Å². The molecule has 0 spiro atoms. The number of piperidine rings is 2. The predicted octanol–water partition coefficient (Wildman–Crippen LogP) is 1.07. The number of hydrogen-bond acceptors (Lipinski definition) is 7. The number of likely N-dealkylation sites (tertiary alicyclic amines) is 1. The van der Waals surface area contributed by atoms with Gasteiger partial charge in [-0.25, -0.2) is 4.98 Å². The van der Waals surface area contributed by atoms with Crippen LogP contribution in [0.4, 0.5) is 5.88 Å². The van der Waals surface area contributed by atoms with E-state index in [1.54, 1.807) is 6.92 Å². The number of ether oxygens (including phenoxy) is 1. The molecule has 3 heterocycles. The van der Waals surface area contributed by atoms with Gasteiger partial charge in [0.15, 0.2) is 5.89 Å². The van der Waals surface area contributed by atoms with E-state index in [0.717, 1.165) is 32.2 Å². The first-order chi connectivity index (χ1) is 12.6. The zero-order valence-corrected chi connectivity index (χ0v) is 15.2. The van der Waals surface area contributed by atoms with Crippen LogP contribution in [0.25, 0.3) is 0 Å². The summed E-state index contributed by atoms with van der Waals surface area (Å²) in [4.78, 5) is 20.9. The van der Waals surface area contributed by atoms with E-state index in [4.69, 9.17) is 14.3 Å². The Morgan fingerprint density at radius 1 is 1.38 bits per heavy atom. The van der Waals surface area contributed by atoms with Gasteiger partial charge in [-0.15, -0.1) is 0 Å². The fraction of sp³-hybridized carbons (Fsp3) is 0.722. The largest absolute Gasteiger partial charge is 0.424 e. The number of aromatic nitrogens is 1. The molecule has 1 amide bonds. The lowest BCUT2D eigenvalue weighted by Gasteiger charge is -2.37. The van der Waals surface area contributed by atoms with E-state index in [-0.39, 0.29) is 24.5 Å². The Labute approximate surface area is 153 Å². The molecule has 0 radical (unpaired) electrons. The molecule has 2 fully saturated rings. The molecule has 1 aromatic rings. The lowest BCUT2D eigenvalue weighted by atomic mass is 9.94. The van der Waals surface area contributed by atoms with Gasteiger partial charge in [-0.1, -0.05) is 0 Å². The Balaban J connectivity index is 1.54. The van der Waals surface area contributed by atoms with Crippen molar-refractivity contribution in [3.63, 3.8) is 0 Å². The number of nitriles is 1. The summed E-state index contributed by atoms with van der Waals surface area (Å²) in [6.07, 6.45) is 3.37. The fourth-order valence-corrected chi connectivity index (χ4v) is 3.78. The van der Waals surface area contributed by atoms with Crippen LogP contribution in [0.15, 0.2) is 4.42 Å². The minimum atomic E-state index is -0.00241. The third-order valence-corrected chi connectivity index (χ3v) is 5.09. The van der Waals surface area contributed by atoms with Crippen molar-refractivity contribution in [2.75, 3.05) is 44.3 Å². The molecule has 0 aromatic carbocycles. The number of anilines is 1. The summed E-state index contributed by atoms with van der Waals surface area (Å²) in [5.74, 6) is 1.19. The molecule has 3 rings (SSSR count). The highest BCUT2D eigenvalue weighted by Crippen LogP contribution is 2.28. The predicted molar refractivity (Wildman–Crippen MR) is 93.5 cm³/mol. The van der Waals surface area contributed by atoms with E-state index < -0.39 is 0 Å². The molecule has 1 N–H and O–H groups in total. The number of rotatable bonds is 5. The summed E-state index contributed by atoms with van der Waals surface area (Å²) in [5, 5.41) is 18.1. The summed E-state index contributed by atoms with van der Waals surface area (Å²) in [6.45, 7) is 4.80. The highest BCUT2D eigenvalue weighted by Gasteiger charge is 2.33. The molecule has 26 heavy (non-hydrogen) atoms. The van der Waals surface area contributed by atoms with Gasteiger partial charge in [-0.2, -0.15) is 5.26 Å². The molecule has 2 saturated heterocycles. The minimum Gasteiger partial charge on any atom is -0.424 e. The normalized spacial score (nSPS) is 21.7. The molecule has 1 unspecified atom stereocenters. The van der Waals surface area contributed by atoms with Gasteiger partial charge in [0.25, 0.3) is 0 Å². The van der Waals surface area contributed by atoms with Crippen molar-refractivity contribution in [1.82, 2.24) is 9.88 Å². The number of aliphatic hydroxyl groups is 1. The number of nitrogens with zero attached hydrogens (tertiary/aromatic N) is 4. The molecular formula is C18H26N4O4. The molecule has 8 nitrogen and oxygen atoms in total. The standard InChI is InChI=1S/C18H26N4O4/c1-13-20-16(11-19)18(26-13)21-7-4-14(5-8-21)17(24)22-6-2-3-15(12-22)25-10-9-23/h14-15,23H,2-10,12H2,1H3. The lowest BCUT2D eigenvalue weighted by Crippen LogP contribution is -2.48. The van der Waals surface area contributed by atoms with E-state index in [1.165, 1.54) is 0 Å². The molecule has 0 saturated carbocycles. The topological polar surface area (TPSA) is 103 Å². The molecular weight excluding hydrogens is 336 g/mol. The van der Waals surface area contributed by atoms with E-state index in [1.807, 2.05) is 9.80 Å². The molecule has 0 bridgehead atoms. The monoisotopic (exact) mass is 362 g/mol. The first-order valence-electron chi connectivity index (χ1n) is 9.26. The Morgan fingerprint density at radius 3 is 2.85 bits per heavy atom. The maximum absolute atomic E-state index is 12.9. The zero-order chi connectivity index (χ0) is 18.5. The summed E-state index contributed by atoms with van der Waals surface area (Å²) in [7, 11) is 0. The van der Waals surface area contributed by atoms with Crippen LogP contribution in [0.2, 0.25) is 0 Å². The van der Waals surface area contributed by atoms with Crippen molar-refractivity contribution in [1.29, 1.82) is 5.26 Å². The summed E-state index contributed by atoms with van der Waals surface area (Å²) in [5.41, 5.74) is 0.312. The van der Waals surface area contributed by atoms with Gasteiger partial charge in [0.05, 0.1) is 19.3 Å². The lowest BCUT2D eigenvalue weighted by molar-refractivity contribution is -0.140. The van der Waals surface area contributed by atoms with Gasteiger partial charge in [-0.05, 0) is 25.7 Å². The van der Waals surface area contributed by atoms with Gasteiger partial charge in [0, 0.05) is 39.0 Å². The first kappa shape index (κ1) is 18.7. The van der Waals surface area contributed by atoms with Crippen LogP contribution in [0.5, 0.6) is 0 Å². The van der Waals surface area contributed by atoms with Crippen molar-refractivity contribution in [2.24, 2.45) is 5.92 Å². The number of oxazole rings is 1. The molecule has 8 heteroatoms. The number of carbonyl (C=O) groups is 1. The number of carbonyl (C=O) groups excluding carboxylic acids is 1. The Bertz CT molecular complexity index is 661. The maximum Gasteiger partial charge on any atom is 0.234 e. The number of aliphatic hydroxyl groups excluding tert-OH is 1. The van der Waals surface area contributed by atoms with Crippen molar-refractivity contribution in [3.8, 4) is 6.07 Å². The second-order valence-electron chi connectivity index (χ2n) is 6.90. The van der Waals surface area contributed by atoms with Crippen LogP contribution < -0.4 is 4.90 Å². The van der Waals surface area contributed by atoms with Crippen molar-refractivity contribution in [2.45, 2.75) is 38.7 Å². The molecule has 1 aromatic heterocycles. The zero-order valence-electron chi connectivity index (χ0n) is 15.2. The van der Waals surface area contributed by atoms with Crippen LogP contribution in [0.1, 0.15) is 37.3 Å². The Kier molecular flexibility index (Phi) is 6.12. The van der Waals surface area contributed by atoms with Crippen LogP contribution in [-0.4, -0.2) is 66.4 Å². The van der Waals surface area contributed by atoms with Gasteiger partial charge in [-0.3, -0.25) is 4.79 Å². The summed E-state index contributed by atoms with van der Waals surface area (Å²) < 4.78 is 11.2. The third kappa shape index (κ3) is 4.17. The van der Waals surface area contributed by atoms with E-state index in [9.17, 15) is 10.1 Å². The molecule has 2 aliphatic heterocycles. The van der Waals surface area contributed by atoms with Crippen molar-refractivity contribution >= 4 is 11.8 Å². The van der Waals surface area contributed by atoms with Crippen LogP contribution >= 0.6 is 0 Å². The first-order valence-corrected chi connectivity index (χ1v) is 9.26. The minimum absolute atomic E-state index is 0.00241. The number of aryl methyl sites for hydroxylation is 1. The highest BCUT2D eigenvalue weighted by atomic mass is 16.5. The van der Waals surface area contributed by atoms with Crippen LogP contribution in [0.3, 0.4) is 0 Å². The smallest absolute Gasteiger partial charge is 0.234 e. The average molecular weight is 362 g/mol. The van der Waals surface area contributed by atoms with Crippen LogP contribution in [-0.2, 0) is 9.53 Å². The van der Waals surface area contributed by atoms with E-state index >= 15 is 0 Å². The summed E-state index contributed by atoms with van der Waals surface area (Å²) in [6, 6.07) is 2.07. The van der Waals surface area contributed by atoms with Crippen molar-refractivity contribution in [3.05, 3.63) is 11.6 Å². The number of hydrogen-bond donors (Lipinski definition) is 1. The van der Waals surface area contributed by atoms with E-state index in [2.05, 4.69) is 11.1 Å². The molecule has 142 valence electrons. The van der Waals surface area contributed by atoms with Crippen molar-refractivity contribution < 1.29 is 19.1 Å². The SMILES string of the molecule is Cc1nc(C#N)c(N2CCC(C(=O)N3CCCC(OCCO)C3)CC2)o1. The van der Waals surface area contributed by atoms with Gasteiger partial charge in [0.2, 0.25) is 17.5 Å². The second-order valence-corrected chi connectivity index (χ2v) is 6.90. The summed E-state index contributed by atoms with van der Waals surface area (Å²) >= 11 is 0.